The van der Waals surface area contributed by atoms with Crippen LogP contribution in [0.2, 0.25) is 5.02 Å². The van der Waals surface area contributed by atoms with Crippen LogP contribution in [0.1, 0.15) is 38.7 Å². The average Bonchev–Trinajstić information content (AvgIpc) is 2.41. The van der Waals surface area contributed by atoms with Gasteiger partial charge in [-0.15, -0.1) is 0 Å². The molecule has 0 saturated carbocycles. The van der Waals surface area contributed by atoms with Gasteiger partial charge in [-0.25, -0.2) is 0 Å². The zero-order valence-electron chi connectivity index (χ0n) is 12.3. The monoisotopic (exact) mass is 294 g/mol. The molecule has 0 amide bonds. The van der Waals surface area contributed by atoms with E-state index in [2.05, 4.69) is 6.07 Å². The lowest BCUT2D eigenvalue weighted by Gasteiger charge is -2.14. The third-order valence-electron chi connectivity index (χ3n) is 3.19. The van der Waals surface area contributed by atoms with Gasteiger partial charge in [-0.3, -0.25) is 0 Å². The maximum Gasteiger partial charge on any atom is 0.137 e. The fourth-order valence-corrected chi connectivity index (χ4v) is 2.15. The number of ether oxygens (including phenoxy) is 1. The Morgan fingerprint density at radius 1 is 1.35 bits per heavy atom. The highest BCUT2D eigenvalue weighted by atomic mass is 35.5. The van der Waals surface area contributed by atoms with E-state index < -0.39 is 0 Å². The number of unbranched alkanes of at least 4 members (excludes halogenated alkanes) is 1. The summed E-state index contributed by atoms with van der Waals surface area (Å²) in [5, 5.41) is 9.56. The van der Waals surface area contributed by atoms with E-state index in [1.165, 1.54) is 0 Å². The first-order valence-electron chi connectivity index (χ1n) is 7.01. The van der Waals surface area contributed by atoms with Gasteiger partial charge in [0.15, 0.2) is 0 Å². The van der Waals surface area contributed by atoms with Crippen molar-refractivity contribution in [1.29, 1.82) is 5.26 Å². The Bertz CT molecular complexity index is 466. The molecular weight excluding hydrogens is 272 g/mol. The number of nitrogens with zero attached hydrogens (tertiary/aromatic N) is 1. The third-order valence-corrected chi connectivity index (χ3v) is 3.48. The summed E-state index contributed by atoms with van der Waals surface area (Å²) in [4.78, 5) is 0. The zero-order chi connectivity index (χ0) is 15.0. The highest BCUT2D eigenvalue weighted by molar-refractivity contribution is 6.32. The molecule has 0 saturated heterocycles. The molecule has 0 atom stereocenters. The minimum absolute atomic E-state index is 0.248. The lowest BCUT2D eigenvalue weighted by atomic mass is 9.89. The Kier molecular flexibility index (Phi) is 6.84. The molecule has 0 unspecified atom stereocenters. The zero-order valence-corrected chi connectivity index (χ0v) is 13.0. The van der Waals surface area contributed by atoms with E-state index >= 15 is 0 Å². The maximum atomic E-state index is 8.93. The number of benzene rings is 1. The fourth-order valence-electron chi connectivity index (χ4n) is 1.89. The van der Waals surface area contributed by atoms with Gasteiger partial charge in [-0.05, 0) is 63.8 Å². The fraction of sp³-hybridized carbons (Fsp3) is 0.562. The molecule has 0 aliphatic heterocycles. The molecule has 0 bridgehead atoms. The van der Waals surface area contributed by atoms with Gasteiger partial charge >= 0.3 is 0 Å². The number of nitriles is 1. The number of halogens is 1. The predicted molar refractivity (Wildman–Crippen MR) is 83.0 cm³/mol. The van der Waals surface area contributed by atoms with E-state index in [4.69, 9.17) is 27.3 Å². The van der Waals surface area contributed by atoms with Crippen molar-refractivity contribution in [2.45, 2.75) is 39.5 Å². The van der Waals surface area contributed by atoms with Gasteiger partial charge in [0.1, 0.15) is 5.75 Å². The average molecular weight is 295 g/mol. The molecule has 0 spiro atoms. The number of nitrogens with two attached hydrogens (primary N) is 1. The van der Waals surface area contributed by atoms with Gasteiger partial charge in [0.2, 0.25) is 0 Å². The molecule has 0 fully saturated rings. The molecule has 0 aliphatic carbocycles. The van der Waals surface area contributed by atoms with Crippen molar-refractivity contribution < 1.29 is 4.74 Å². The molecule has 3 nitrogen and oxygen atoms in total. The van der Waals surface area contributed by atoms with Crippen molar-refractivity contribution in [2.24, 2.45) is 11.1 Å². The first-order chi connectivity index (χ1) is 9.48. The smallest absolute Gasteiger partial charge is 0.137 e. The summed E-state index contributed by atoms with van der Waals surface area (Å²) in [6.07, 6.45) is 3.61. The second kappa shape index (κ2) is 8.14. The molecule has 20 heavy (non-hydrogen) atoms. The maximum absolute atomic E-state index is 8.93. The molecule has 0 heterocycles. The van der Waals surface area contributed by atoms with Gasteiger partial charge in [0, 0.05) is 0 Å². The highest BCUT2D eigenvalue weighted by Gasteiger charge is 2.15. The molecule has 0 aliphatic rings. The van der Waals surface area contributed by atoms with E-state index in [9.17, 15) is 0 Å². The second-order valence-corrected chi connectivity index (χ2v) is 6.01. The van der Waals surface area contributed by atoms with Gasteiger partial charge < -0.3 is 10.5 Å². The first kappa shape index (κ1) is 16.8. The molecule has 0 aromatic heterocycles. The molecule has 0 radical (unpaired) electrons. The molecular formula is C16H23ClN2O. The van der Waals surface area contributed by atoms with Gasteiger partial charge in [-0.2, -0.15) is 5.26 Å². The van der Waals surface area contributed by atoms with Crippen LogP contribution >= 0.6 is 11.6 Å². The van der Waals surface area contributed by atoms with Gasteiger partial charge in [0.05, 0.1) is 23.1 Å². The molecule has 2 N–H and O–H groups in total. The summed E-state index contributed by atoms with van der Waals surface area (Å²) in [5.74, 6) is 0.715. The van der Waals surface area contributed by atoms with Crippen LogP contribution in [0.15, 0.2) is 18.2 Å². The SMILES string of the molecule is CC(C)(C#N)CCCCOc1ccc(CCN)cc1Cl. The summed E-state index contributed by atoms with van der Waals surface area (Å²) in [6, 6.07) is 8.10. The van der Waals surface area contributed by atoms with Crippen LogP contribution < -0.4 is 10.5 Å². The number of hydrogen-bond donors (Lipinski definition) is 1. The summed E-state index contributed by atoms with van der Waals surface area (Å²) in [6.45, 7) is 5.16. The van der Waals surface area contributed by atoms with E-state index in [1.807, 2.05) is 32.0 Å². The van der Waals surface area contributed by atoms with Crippen LogP contribution in [-0.2, 0) is 6.42 Å². The van der Waals surface area contributed by atoms with E-state index in [0.29, 0.717) is 23.9 Å². The van der Waals surface area contributed by atoms with Crippen molar-refractivity contribution in [1.82, 2.24) is 0 Å². The Morgan fingerprint density at radius 2 is 2.10 bits per heavy atom. The summed E-state index contributed by atoms with van der Waals surface area (Å²) < 4.78 is 5.67. The third kappa shape index (κ3) is 5.81. The topological polar surface area (TPSA) is 59.0 Å². The Morgan fingerprint density at radius 3 is 2.70 bits per heavy atom. The van der Waals surface area contributed by atoms with Gasteiger partial charge in [-0.1, -0.05) is 17.7 Å². The lowest BCUT2D eigenvalue weighted by Crippen LogP contribution is -2.08. The highest BCUT2D eigenvalue weighted by Crippen LogP contribution is 2.26. The predicted octanol–water partition coefficient (Wildman–Crippen LogP) is 3.94. The van der Waals surface area contributed by atoms with Crippen molar-refractivity contribution in [3.05, 3.63) is 28.8 Å². The van der Waals surface area contributed by atoms with Crippen LogP contribution in [0.25, 0.3) is 0 Å². The largest absolute Gasteiger partial charge is 0.492 e. The summed E-state index contributed by atoms with van der Waals surface area (Å²) in [7, 11) is 0. The van der Waals surface area contributed by atoms with E-state index in [1.54, 1.807) is 0 Å². The van der Waals surface area contributed by atoms with Crippen LogP contribution in [0, 0.1) is 16.7 Å². The minimum atomic E-state index is -0.248. The van der Waals surface area contributed by atoms with Crippen molar-refractivity contribution >= 4 is 11.6 Å². The lowest BCUT2D eigenvalue weighted by molar-refractivity contribution is 0.295. The van der Waals surface area contributed by atoms with Crippen molar-refractivity contribution in [2.75, 3.05) is 13.2 Å². The molecule has 110 valence electrons. The van der Waals surface area contributed by atoms with Gasteiger partial charge in [0.25, 0.3) is 0 Å². The van der Waals surface area contributed by atoms with E-state index in [-0.39, 0.29) is 5.41 Å². The van der Waals surface area contributed by atoms with Crippen LogP contribution in [0.4, 0.5) is 0 Å². The quantitative estimate of drug-likeness (QED) is 0.739. The standard InChI is InChI=1S/C16H23ClN2O/c1-16(2,12-19)8-3-4-10-20-15-6-5-13(7-9-18)11-14(15)17/h5-6,11H,3-4,7-10,18H2,1-2H3. The molecule has 1 aromatic carbocycles. The number of rotatable bonds is 8. The Labute approximate surface area is 126 Å². The summed E-state index contributed by atoms with van der Waals surface area (Å²) in [5.41, 5.74) is 6.39. The molecule has 1 rings (SSSR count). The first-order valence-corrected chi connectivity index (χ1v) is 7.39. The van der Waals surface area contributed by atoms with Crippen LogP contribution in [0.3, 0.4) is 0 Å². The summed E-state index contributed by atoms with van der Waals surface area (Å²) >= 11 is 6.16. The normalized spacial score (nSPS) is 11.2. The Hall–Kier alpha value is -1.24. The molecule has 4 heteroatoms. The minimum Gasteiger partial charge on any atom is -0.492 e. The molecule has 1 aromatic rings. The van der Waals surface area contributed by atoms with E-state index in [0.717, 1.165) is 31.2 Å². The number of hydrogen-bond acceptors (Lipinski definition) is 3. The van der Waals surface area contributed by atoms with Crippen molar-refractivity contribution in [3.63, 3.8) is 0 Å². The van der Waals surface area contributed by atoms with Crippen LogP contribution in [-0.4, -0.2) is 13.2 Å². The van der Waals surface area contributed by atoms with Crippen molar-refractivity contribution in [3.8, 4) is 11.8 Å². The Balaban J connectivity index is 2.34. The second-order valence-electron chi connectivity index (χ2n) is 5.60. The van der Waals surface area contributed by atoms with Crippen LogP contribution in [0.5, 0.6) is 5.75 Å².